The van der Waals surface area contributed by atoms with E-state index in [9.17, 15) is 5.11 Å². The average Bonchev–Trinajstić information content (AvgIpc) is 2.68. The van der Waals surface area contributed by atoms with Gasteiger partial charge in [0.25, 0.3) is 0 Å². The topological polar surface area (TPSA) is 50.7 Å². The van der Waals surface area contributed by atoms with E-state index in [-0.39, 0.29) is 6.10 Å². The summed E-state index contributed by atoms with van der Waals surface area (Å²) in [4.78, 5) is 0. The molecule has 1 aromatic carbocycles. The summed E-state index contributed by atoms with van der Waals surface area (Å²) in [5.41, 5.74) is 1.11. The van der Waals surface area contributed by atoms with Gasteiger partial charge in [0, 0.05) is 18.5 Å². The number of rotatable bonds is 6. The molecular weight excluding hydrogens is 254 g/mol. The van der Waals surface area contributed by atoms with Gasteiger partial charge in [-0.25, -0.2) is 0 Å². The highest BCUT2D eigenvalue weighted by Crippen LogP contribution is 2.33. The molecule has 0 spiro atoms. The third-order valence-electron chi connectivity index (χ3n) is 3.55. The Kier molecular flexibility index (Phi) is 5.68. The highest BCUT2D eigenvalue weighted by molar-refractivity contribution is 5.46. The number of hydrogen-bond donors (Lipinski definition) is 2. The van der Waals surface area contributed by atoms with Gasteiger partial charge in [-0.3, -0.25) is 0 Å². The van der Waals surface area contributed by atoms with Crippen molar-refractivity contribution in [1.82, 2.24) is 5.32 Å². The lowest BCUT2D eigenvalue weighted by Gasteiger charge is -2.16. The van der Waals surface area contributed by atoms with Crippen molar-refractivity contribution in [2.45, 2.75) is 39.3 Å². The lowest BCUT2D eigenvalue weighted by atomic mass is 10.0. The summed E-state index contributed by atoms with van der Waals surface area (Å²) in [6.07, 6.45) is 1.45. The number of nitrogens with one attached hydrogen (secondary N) is 1. The number of fused-ring (bicyclic) bond motifs is 1. The van der Waals surface area contributed by atoms with E-state index in [0.29, 0.717) is 19.1 Å². The molecule has 4 heteroatoms. The van der Waals surface area contributed by atoms with Crippen LogP contribution in [0.3, 0.4) is 0 Å². The summed E-state index contributed by atoms with van der Waals surface area (Å²) in [6.45, 7) is 7.02. The second kappa shape index (κ2) is 7.50. The summed E-state index contributed by atoms with van der Waals surface area (Å²) in [6, 6.07) is 6.00. The first kappa shape index (κ1) is 15.1. The van der Waals surface area contributed by atoms with E-state index in [1.165, 1.54) is 0 Å². The summed E-state index contributed by atoms with van der Waals surface area (Å²) < 4.78 is 11.5. The number of ether oxygens (including phenoxy) is 2. The molecule has 0 aliphatic carbocycles. The average molecular weight is 279 g/mol. The van der Waals surface area contributed by atoms with Crippen LogP contribution in [0.1, 0.15) is 32.3 Å². The number of aliphatic hydroxyl groups is 1. The Morgan fingerprint density at radius 2 is 2.05 bits per heavy atom. The molecule has 2 N–H and O–H groups in total. The van der Waals surface area contributed by atoms with E-state index in [0.717, 1.165) is 43.0 Å². The first-order chi connectivity index (χ1) is 9.68. The molecule has 1 aliphatic rings. The van der Waals surface area contributed by atoms with Gasteiger partial charge in [-0.05, 0) is 24.9 Å². The summed E-state index contributed by atoms with van der Waals surface area (Å²) in [7, 11) is 0. The van der Waals surface area contributed by atoms with E-state index in [1.54, 1.807) is 0 Å². The van der Waals surface area contributed by atoms with Gasteiger partial charge in [-0.15, -0.1) is 0 Å². The van der Waals surface area contributed by atoms with Crippen LogP contribution < -0.4 is 14.8 Å². The van der Waals surface area contributed by atoms with E-state index in [2.05, 4.69) is 11.4 Å². The van der Waals surface area contributed by atoms with Crippen LogP contribution in [0, 0.1) is 5.92 Å². The third kappa shape index (κ3) is 4.12. The number of hydrogen-bond acceptors (Lipinski definition) is 4. The molecule has 1 aliphatic heterocycles. The van der Waals surface area contributed by atoms with Crippen LogP contribution in [-0.4, -0.2) is 31.0 Å². The van der Waals surface area contributed by atoms with Crippen molar-refractivity contribution >= 4 is 0 Å². The van der Waals surface area contributed by atoms with Crippen LogP contribution in [0.4, 0.5) is 0 Å². The molecule has 1 heterocycles. The van der Waals surface area contributed by atoms with Crippen molar-refractivity contribution in [1.29, 1.82) is 0 Å². The fourth-order valence-corrected chi connectivity index (χ4v) is 2.20. The first-order valence-corrected chi connectivity index (χ1v) is 7.44. The largest absolute Gasteiger partial charge is 0.490 e. The van der Waals surface area contributed by atoms with Crippen molar-refractivity contribution in [2.24, 2.45) is 5.92 Å². The zero-order chi connectivity index (χ0) is 14.4. The molecule has 0 saturated carbocycles. The van der Waals surface area contributed by atoms with Crippen LogP contribution in [-0.2, 0) is 6.54 Å². The second-order valence-corrected chi connectivity index (χ2v) is 5.57. The fourth-order valence-electron chi connectivity index (χ4n) is 2.20. The Bertz CT molecular complexity index is 420. The fraction of sp³-hybridized carbons (Fsp3) is 0.625. The lowest BCUT2D eigenvalue weighted by molar-refractivity contribution is 0.116. The lowest BCUT2D eigenvalue weighted by Crippen LogP contribution is -2.23. The van der Waals surface area contributed by atoms with Gasteiger partial charge >= 0.3 is 0 Å². The van der Waals surface area contributed by atoms with Gasteiger partial charge in [-0.1, -0.05) is 26.0 Å². The minimum Gasteiger partial charge on any atom is -0.490 e. The van der Waals surface area contributed by atoms with Crippen molar-refractivity contribution in [3.63, 3.8) is 0 Å². The molecule has 4 nitrogen and oxygen atoms in total. The Labute approximate surface area is 121 Å². The normalized spacial score (nSPS) is 16.0. The minimum atomic E-state index is -0.241. The molecule has 20 heavy (non-hydrogen) atoms. The second-order valence-electron chi connectivity index (χ2n) is 5.57. The molecule has 0 fully saturated rings. The molecule has 112 valence electrons. The smallest absolute Gasteiger partial charge is 0.165 e. The predicted molar refractivity (Wildman–Crippen MR) is 79.2 cm³/mol. The monoisotopic (exact) mass is 279 g/mol. The highest BCUT2D eigenvalue weighted by Gasteiger charge is 2.14. The maximum atomic E-state index is 9.77. The molecule has 0 saturated heterocycles. The Balaban J connectivity index is 1.87. The first-order valence-electron chi connectivity index (χ1n) is 7.44. The molecule has 1 aromatic rings. The van der Waals surface area contributed by atoms with Crippen molar-refractivity contribution < 1.29 is 14.6 Å². The molecule has 0 amide bonds. The van der Waals surface area contributed by atoms with Crippen molar-refractivity contribution in [3.8, 4) is 11.5 Å². The molecule has 0 aromatic heterocycles. The predicted octanol–water partition coefficient (Wildman–Crippen LogP) is 2.34. The van der Waals surface area contributed by atoms with E-state index in [4.69, 9.17) is 9.47 Å². The van der Waals surface area contributed by atoms with Crippen LogP contribution in [0.2, 0.25) is 0 Å². The number of benzene rings is 1. The molecule has 1 unspecified atom stereocenters. The van der Waals surface area contributed by atoms with Crippen LogP contribution in [0.25, 0.3) is 0 Å². The van der Waals surface area contributed by atoms with Gasteiger partial charge in [0.1, 0.15) is 0 Å². The Hall–Kier alpha value is -1.26. The SMILES string of the molecule is CC(C)C(O)CCNCc1cccc2c1OCCCO2. The maximum absolute atomic E-state index is 9.77. The Morgan fingerprint density at radius 3 is 2.85 bits per heavy atom. The Morgan fingerprint density at radius 1 is 1.25 bits per heavy atom. The van der Waals surface area contributed by atoms with Crippen molar-refractivity contribution in [2.75, 3.05) is 19.8 Å². The summed E-state index contributed by atoms with van der Waals surface area (Å²) >= 11 is 0. The molecule has 1 atom stereocenters. The van der Waals surface area contributed by atoms with Crippen LogP contribution >= 0.6 is 0 Å². The number of para-hydroxylation sites is 1. The van der Waals surface area contributed by atoms with Crippen LogP contribution in [0.15, 0.2) is 18.2 Å². The quantitative estimate of drug-likeness (QED) is 0.785. The van der Waals surface area contributed by atoms with Gasteiger partial charge in [0.2, 0.25) is 0 Å². The van der Waals surface area contributed by atoms with Gasteiger partial charge in [-0.2, -0.15) is 0 Å². The van der Waals surface area contributed by atoms with Gasteiger partial charge < -0.3 is 19.9 Å². The van der Waals surface area contributed by atoms with E-state index in [1.807, 2.05) is 26.0 Å². The van der Waals surface area contributed by atoms with Crippen LogP contribution in [0.5, 0.6) is 11.5 Å². The number of aliphatic hydroxyl groups excluding tert-OH is 1. The van der Waals surface area contributed by atoms with Crippen molar-refractivity contribution in [3.05, 3.63) is 23.8 Å². The van der Waals surface area contributed by atoms with E-state index < -0.39 is 0 Å². The molecule has 2 rings (SSSR count). The summed E-state index contributed by atoms with van der Waals surface area (Å²) in [5, 5.41) is 13.1. The highest BCUT2D eigenvalue weighted by atomic mass is 16.5. The minimum absolute atomic E-state index is 0.241. The zero-order valence-corrected chi connectivity index (χ0v) is 12.4. The maximum Gasteiger partial charge on any atom is 0.165 e. The zero-order valence-electron chi connectivity index (χ0n) is 12.4. The molecule has 0 radical (unpaired) electrons. The standard InChI is InChI=1S/C16H25NO3/c1-12(2)14(18)7-8-17-11-13-5-3-6-15-16(13)20-10-4-9-19-15/h3,5-6,12,14,17-18H,4,7-11H2,1-2H3. The summed E-state index contributed by atoms with van der Waals surface area (Å²) in [5.74, 6) is 2.01. The van der Waals surface area contributed by atoms with Gasteiger partial charge in [0.05, 0.1) is 19.3 Å². The van der Waals surface area contributed by atoms with E-state index >= 15 is 0 Å². The van der Waals surface area contributed by atoms with Gasteiger partial charge in [0.15, 0.2) is 11.5 Å². The molecular formula is C16H25NO3. The third-order valence-corrected chi connectivity index (χ3v) is 3.55. The molecule has 0 bridgehead atoms.